The first-order chi connectivity index (χ1) is 23.3. The number of fused-ring (bicyclic) bond motifs is 4. The molecule has 9 rings (SSSR count). The molecule has 0 aliphatic heterocycles. The Morgan fingerprint density at radius 3 is 1.79 bits per heavy atom. The largest absolute Gasteiger partial charge is 0.254 e. The summed E-state index contributed by atoms with van der Waals surface area (Å²) in [4.78, 5) is 24.5. The van der Waals surface area contributed by atoms with Gasteiger partial charge in [-0.2, -0.15) is 0 Å². The molecule has 5 aromatic carbocycles. The highest BCUT2D eigenvalue weighted by atomic mass is 32.1. The molecule has 0 N–H and O–H groups in total. The van der Waals surface area contributed by atoms with Crippen LogP contribution in [0, 0.1) is 0 Å². The number of nitrogens with zero attached hydrogens (tertiary/aromatic N) is 5. The van der Waals surface area contributed by atoms with Gasteiger partial charge in [0.05, 0.1) is 16.1 Å². The van der Waals surface area contributed by atoms with Crippen molar-refractivity contribution in [2.45, 2.75) is 0 Å². The zero-order valence-corrected chi connectivity index (χ0v) is 25.9. The van der Waals surface area contributed by atoms with Crippen LogP contribution in [-0.4, -0.2) is 24.9 Å². The minimum Gasteiger partial charge on any atom is -0.254 e. The molecule has 0 spiro atoms. The van der Waals surface area contributed by atoms with Crippen LogP contribution in [0.5, 0.6) is 0 Å². The third kappa shape index (κ3) is 4.92. The minimum absolute atomic E-state index is 0.627. The predicted molar refractivity (Wildman–Crippen MR) is 193 cm³/mol. The summed E-state index contributed by atoms with van der Waals surface area (Å²) in [5.74, 6) is 1.91. The number of rotatable bonds is 5. The summed E-state index contributed by atoms with van der Waals surface area (Å²) in [6, 6.07) is 47.7. The zero-order valence-electron chi connectivity index (χ0n) is 25.1. The van der Waals surface area contributed by atoms with Gasteiger partial charge in [0.1, 0.15) is 0 Å². The number of hydrogen-bond donors (Lipinski definition) is 0. The lowest BCUT2D eigenvalue weighted by molar-refractivity contribution is 1.07. The highest BCUT2D eigenvalue weighted by molar-refractivity contribution is 7.25. The average Bonchev–Trinajstić information content (AvgIpc) is 3.53. The van der Waals surface area contributed by atoms with Gasteiger partial charge in [0.15, 0.2) is 17.5 Å². The second kappa shape index (κ2) is 11.4. The number of benzene rings is 5. The first kappa shape index (κ1) is 27.2. The normalized spacial score (nSPS) is 11.4. The molecule has 0 bridgehead atoms. The van der Waals surface area contributed by atoms with Gasteiger partial charge in [-0.15, -0.1) is 11.3 Å². The Hall–Kier alpha value is -6.11. The Bertz CT molecular complexity index is 2520. The summed E-state index contributed by atoms with van der Waals surface area (Å²) < 4.78 is 2.44. The van der Waals surface area contributed by atoms with Crippen molar-refractivity contribution in [3.8, 4) is 56.7 Å². The van der Waals surface area contributed by atoms with Gasteiger partial charge in [-0.05, 0) is 40.8 Å². The number of aromatic nitrogens is 5. The summed E-state index contributed by atoms with van der Waals surface area (Å²) in [5.41, 5.74) is 6.72. The van der Waals surface area contributed by atoms with Crippen LogP contribution in [-0.2, 0) is 0 Å². The van der Waals surface area contributed by atoms with E-state index in [2.05, 4.69) is 78.9 Å². The van der Waals surface area contributed by atoms with E-state index in [1.54, 1.807) is 11.3 Å². The van der Waals surface area contributed by atoms with E-state index in [1.165, 1.54) is 20.2 Å². The molecule has 0 saturated carbocycles. The van der Waals surface area contributed by atoms with E-state index >= 15 is 0 Å². The Labute approximate surface area is 275 Å². The fourth-order valence-corrected chi connectivity index (χ4v) is 7.24. The molecule has 0 saturated heterocycles. The van der Waals surface area contributed by atoms with Crippen molar-refractivity contribution in [1.82, 2.24) is 24.9 Å². The first-order valence-electron chi connectivity index (χ1n) is 15.4. The first-order valence-corrected chi connectivity index (χ1v) is 16.2. The lowest BCUT2D eigenvalue weighted by atomic mass is 9.96. The molecule has 0 aliphatic rings. The third-order valence-corrected chi connectivity index (χ3v) is 9.57. The van der Waals surface area contributed by atoms with Crippen LogP contribution in [0.3, 0.4) is 0 Å². The molecule has 0 fully saturated rings. The Balaban J connectivity index is 1.17. The van der Waals surface area contributed by atoms with Crippen LogP contribution in [0.2, 0.25) is 0 Å². The van der Waals surface area contributed by atoms with Gasteiger partial charge in [-0.25, -0.2) is 15.0 Å². The Morgan fingerprint density at radius 1 is 0.404 bits per heavy atom. The van der Waals surface area contributed by atoms with E-state index < -0.39 is 0 Å². The Kier molecular flexibility index (Phi) is 6.58. The average molecular weight is 620 g/mol. The summed E-state index contributed by atoms with van der Waals surface area (Å²) in [7, 11) is 0. The van der Waals surface area contributed by atoms with Crippen molar-refractivity contribution in [3.05, 3.63) is 152 Å². The van der Waals surface area contributed by atoms with E-state index in [0.29, 0.717) is 17.5 Å². The highest BCUT2D eigenvalue weighted by Gasteiger charge is 2.16. The molecule has 0 unspecified atom stereocenters. The van der Waals surface area contributed by atoms with Crippen LogP contribution >= 0.6 is 11.3 Å². The maximum absolute atomic E-state index is 4.95. The van der Waals surface area contributed by atoms with Gasteiger partial charge in [-0.3, -0.25) is 9.97 Å². The smallest absolute Gasteiger partial charge is 0.164 e. The van der Waals surface area contributed by atoms with Gasteiger partial charge in [-0.1, -0.05) is 115 Å². The van der Waals surface area contributed by atoms with Gasteiger partial charge < -0.3 is 0 Å². The quantitative estimate of drug-likeness (QED) is 0.192. The van der Waals surface area contributed by atoms with Crippen LogP contribution in [0.1, 0.15) is 0 Å². The molecule has 4 aromatic heterocycles. The van der Waals surface area contributed by atoms with Crippen molar-refractivity contribution < 1.29 is 0 Å². The predicted octanol–water partition coefficient (Wildman–Crippen LogP) is 10.5. The third-order valence-electron chi connectivity index (χ3n) is 8.44. The highest BCUT2D eigenvalue weighted by Crippen LogP contribution is 2.38. The molecule has 4 heterocycles. The maximum Gasteiger partial charge on any atom is 0.164 e. The molecule has 0 aliphatic carbocycles. The molecule has 47 heavy (non-hydrogen) atoms. The topological polar surface area (TPSA) is 64.5 Å². The van der Waals surface area contributed by atoms with Crippen LogP contribution in [0.4, 0.5) is 0 Å². The fourth-order valence-electron chi connectivity index (χ4n) is 6.19. The minimum atomic E-state index is 0.627. The molecule has 9 aromatic rings. The second-order valence-corrected chi connectivity index (χ2v) is 12.4. The van der Waals surface area contributed by atoms with E-state index in [9.17, 15) is 0 Å². The molecule has 0 radical (unpaired) electrons. The fraction of sp³-hybridized carbons (Fsp3) is 0. The summed E-state index contributed by atoms with van der Waals surface area (Å²) in [6.45, 7) is 0. The monoisotopic (exact) mass is 619 g/mol. The number of pyridine rings is 2. The Morgan fingerprint density at radius 2 is 1.02 bits per heavy atom. The zero-order chi connectivity index (χ0) is 31.2. The van der Waals surface area contributed by atoms with E-state index in [0.717, 1.165) is 50.0 Å². The van der Waals surface area contributed by atoms with Crippen molar-refractivity contribution in [2.24, 2.45) is 0 Å². The lowest BCUT2D eigenvalue weighted by Crippen LogP contribution is -2.00. The SMILES string of the molecule is c1ccc(-c2nc(-c3ccccc3)nc(-c3cccc(-c4cccc5c(-c6cc7c(cn6)sc6ccccc67)nccc45)c3)n2)cc1. The van der Waals surface area contributed by atoms with Crippen molar-refractivity contribution in [2.75, 3.05) is 0 Å². The van der Waals surface area contributed by atoms with Crippen LogP contribution < -0.4 is 0 Å². The van der Waals surface area contributed by atoms with E-state index in [-0.39, 0.29) is 0 Å². The molecule has 0 atom stereocenters. The lowest BCUT2D eigenvalue weighted by Gasteiger charge is -2.12. The van der Waals surface area contributed by atoms with Gasteiger partial charge in [0.2, 0.25) is 0 Å². The van der Waals surface area contributed by atoms with E-state index in [4.69, 9.17) is 24.9 Å². The number of thiophene rings is 1. The number of hydrogen-bond acceptors (Lipinski definition) is 6. The van der Waals surface area contributed by atoms with Crippen molar-refractivity contribution >= 4 is 42.3 Å². The molecule has 220 valence electrons. The standard InChI is InChI=1S/C41H25N5S/c1-3-11-26(12-4-1)39-44-40(27-13-5-2-6-14-27)46-41(45-39)29-16-9-15-28(23-29)30-18-10-19-33-31(30)21-22-42-38(33)35-24-34-32-17-7-8-20-36(32)47-37(34)25-43-35/h1-25H. The summed E-state index contributed by atoms with van der Waals surface area (Å²) >= 11 is 1.77. The van der Waals surface area contributed by atoms with Crippen molar-refractivity contribution in [3.63, 3.8) is 0 Å². The molecule has 5 nitrogen and oxygen atoms in total. The molecular weight excluding hydrogens is 595 g/mol. The maximum atomic E-state index is 4.95. The summed E-state index contributed by atoms with van der Waals surface area (Å²) in [5, 5.41) is 4.62. The molecule has 6 heteroatoms. The van der Waals surface area contributed by atoms with Gasteiger partial charge in [0, 0.05) is 49.9 Å². The van der Waals surface area contributed by atoms with Gasteiger partial charge >= 0.3 is 0 Å². The van der Waals surface area contributed by atoms with E-state index in [1.807, 2.05) is 73.1 Å². The summed E-state index contributed by atoms with van der Waals surface area (Å²) in [6.07, 6.45) is 3.86. The van der Waals surface area contributed by atoms with Crippen LogP contribution in [0.25, 0.3) is 87.6 Å². The van der Waals surface area contributed by atoms with Crippen molar-refractivity contribution in [1.29, 1.82) is 0 Å². The van der Waals surface area contributed by atoms with Gasteiger partial charge in [0.25, 0.3) is 0 Å². The molecule has 0 amide bonds. The molecular formula is C41H25N5S. The van der Waals surface area contributed by atoms with Crippen LogP contribution in [0.15, 0.2) is 152 Å². The second-order valence-electron chi connectivity index (χ2n) is 11.3.